The highest BCUT2D eigenvalue weighted by molar-refractivity contribution is 6.04. The molecule has 1 aromatic heterocycles. The zero-order valence-corrected chi connectivity index (χ0v) is 21.9. The summed E-state index contributed by atoms with van der Waals surface area (Å²) in [5.74, 6) is 0.887. The summed E-state index contributed by atoms with van der Waals surface area (Å²) in [5, 5.41) is 9.75. The minimum atomic E-state index is -0.148. The normalized spacial score (nSPS) is 16.8. The van der Waals surface area contributed by atoms with Gasteiger partial charge in [0.15, 0.2) is 0 Å². The van der Waals surface area contributed by atoms with Crippen molar-refractivity contribution in [1.82, 2.24) is 15.6 Å². The van der Waals surface area contributed by atoms with Crippen molar-refractivity contribution < 1.29 is 0 Å². The van der Waals surface area contributed by atoms with Crippen molar-refractivity contribution in [3.63, 3.8) is 0 Å². The molecule has 40 heavy (non-hydrogen) atoms. The number of hydrogen-bond donors (Lipinski definition) is 2. The van der Waals surface area contributed by atoms with Gasteiger partial charge < -0.3 is 5.32 Å². The zero-order valence-electron chi connectivity index (χ0n) is 21.9. The second kappa shape index (κ2) is 10.6. The number of aliphatic imine (C=N–C) groups is 1. The second-order valence-electron chi connectivity index (χ2n) is 9.94. The lowest BCUT2D eigenvalue weighted by Gasteiger charge is -2.32. The van der Waals surface area contributed by atoms with Crippen LogP contribution in [0, 0.1) is 0 Å². The lowest BCUT2D eigenvalue weighted by Crippen LogP contribution is -2.44. The van der Waals surface area contributed by atoms with Crippen LogP contribution in [-0.4, -0.2) is 10.8 Å². The van der Waals surface area contributed by atoms with Crippen LogP contribution in [0.1, 0.15) is 29.0 Å². The summed E-state index contributed by atoms with van der Waals surface area (Å²) in [6, 6.07) is 48.6. The van der Waals surface area contributed by atoms with Gasteiger partial charge in [-0.05, 0) is 45.2 Å². The zero-order chi connectivity index (χ0) is 26.7. The molecule has 1 aliphatic heterocycles. The number of nitrogens with one attached hydrogen (secondary N) is 2. The van der Waals surface area contributed by atoms with E-state index in [2.05, 4.69) is 119 Å². The molecule has 4 nitrogen and oxygen atoms in total. The molecular weight excluding hydrogens is 488 g/mol. The number of amidine groups is 1. The monoisotopic (exact) mass is 516 g/mol. The summed E-state index contributed by atoms with van der Waals surface area (Å²) in [6.07, 6.45) is 1.61. The van der Waals surface area contributed by atoms with Crippen LogP contribution in [-0.2, 0) is 0 Å². The SMILES string of the molecule is c1ccc(C2=NC(c3ccccc3)NC(c3ccc(-c4ccc(-c5ccccn5)c5ccccc45)cc3)N2)cc1. The van der Waals surface area contributed by atoms with Crippen LogP contribution in [0.2, 0.25) is 0 Å². The Labute approximate surface area is 234 Å². The van der Waals surface area contributed by atoms with E-state index in [1.165, 1.54) is 21.9 Å². The molecule has 0 saturated heterocycles. The first-order chi connectivity index (χ1) is 19.8. The summed E-state index contributed by atoms with van der Waals surface area (Å²) < 4.78 is 0. The molecule has 2 N–H and O–H groups in total. The molecule has 0 bridgehead atoms. The van der Waals surface area contributed by atoms with E-state index in [1.54, 1.807) is 0 Å². The molecule has 6 aromatic rings. The van der Waals surface area contributed by atoms with Crippen LogP contribution < -0.4 is 10.6 Å². The lowest BCUT2D eigenvalue weighted by atomic mass is 9.93. The fraction of sp³-hybridized carbons (Fsp3) is 0.0556. The van der Waals surface area contributed by atoms with Crippen molar-refractivity contribution in [3.8, 4) is 22.4 Å². The van der Waals surface area contributed by atoms with Crippen molar-refractivity contribution in [2.24, 2.45) is 4.99 Å². The summed E-state index contributed by atoms with van der Waals surface area (Å²) in [5.41, 5.74) is 7.89. The average molecular weight is 517 g/mol. The van der Waals surface area contributed by atoms with Crippen LogP contribution in [0.4, 0.5) is 0 Å². The summed E-state index contributed by atoms with van der Waals surface area (Å²) >= 11 is 0. The van der Waals surface area contributed by atoms with E-state index >= 15 is 0 Å². The van der Waals surface area contributed by atoms with E-state index in [0.29, 0.717) is 0 Å². The average Bonchev–Trinajstić information content (AvgIpc) is 3.05. The van der Waals surface area contributed by atoms with Gasteiger partial charge in [0, 0.05) is 17.3 Å². The Morgan fingerprint density at radius 3 is 1.88 bits per heavy atom. The van der Waals surface area contributed by atoms with E-state index < -0.39 is 0 Å². The van der Waals surface area contributed by atoms with Crippen molar-refractivity contribution in [2.45, 2.75) is 12.3 Å². The third kappa shape index (κ3) is 4.66. The number of nitrogens with zero attached hydrogens (tertiary/aromatic N) is 2. The van der Waals surface area contributed by atoms with Gasteiger partial charge in [-0.1, -0.05) is 127 Å². The highest BCUT2D eigenvalue weighted by Gasteiger charge is 2.25. The Hall–Kier alpha value is -5.06. The van der Waals surface area contributed by atoms with Gasteiger partial charge in [-0.15, -0.1) is 0 Å². The molecule has 192 valence electrons. The maximum atomic E-state index is 5.02. The Morgan fingerprint density at radius 2 is 1.15 bits per heavy atom. The molecule has 2 atom stereocenters. The lowest BCUT2D eigenvalue weighted by molar-refractivity contribution is 0.409. The molecule has 0 spiro atoms. The predicted octanol–water partition coefficient (Wildman–Crippen LogP) is 7.91. The standard InChI is InChI=1S/C36H28N4/c1-3-11-26(12-4-1)34-38-35(27-13-5-2-6-14-27)40-36(39-34)28-20-18-25(19-21-28)29-22-23-32(33-17-9-10-24-37-33)31-16-8-7-15-30(29)31/h1-24,34,36,39H,(H,38,40). The van der Waals surface area contributed by atoms with E-state index in [0.717, 1.165) is 33.8 Å². The molecule has 1 aliphatic rings. The Morgan fingerprint density at radius 1 is 0.500 bits per heavy atom. The van der Waals surface area contributed by atoms with Crippen LogP contribution in [0.15, 0.2) is 151 Å². The van der Waals surface area contributed by atoms with Gasteiger partial charge >= 0.3 is 0 Å². The summed E-state index contributed by atoms with van der Waals surface area (Å²) in [4.78, 5) is 9.62. The van der Waals surface area contributed by atoms with Gasteiger partial charge in [-0.3, -0.25) is 10.3 Å². The minimum Gasteiger partial charge on any atom is -0.350 e. The molecular formula is C36H28N4. The van der Waals surface area contributed by atoms with Gasteiger partial charge in [0.1, 0.15) is 18.2 Å². The number of hydrogen-bond acceptors (Lipinski definition) is 4. The topological polar surface area (TPSA) is 49.3 Å². The van der Waals surface area contributed by atoms with Crippen molar-refractivity contribution >= 4 is 16.6 Å². The van der Waals surface area contributed by atoms with E-state index in [-0.39, 0.29) is 12.3 Å². The number of benzene rings is 5. The molecule has 4 heteroatoms. The number of fused-ring (bicyclic) bond motifs is 1. The van der Waals surface area contributed by atoms with E-state index in [1.807, 2.05) is 42.6 Å². The molecule has 0 aliphatic carbocycles. The Kier molecular flexibility index (Phi) is 6.36. The van der Waals surface area contributed by atoms with Gasteiger partial charge in [0.25, 0.3) is 0 Å². The predicted molar refractivity (Wildman–Crippen MR) is 164 cm³/mol. The Balaban J connectivity index is 1.23. The van der Waals surface area contributed by atoms with Crippen LogP contribution in [0.25, 0.3) is 33.2 Å². The highest BCUT2D eigenvalue weighted by Crippen LogP contribution is 2.35. The van der Waals surface area contributed by atoms with Gasteiger partial charge in [0.2, 0.25) is 0 Å². The number of aromatic nitrogens is 1. The first-order valence-corrected chi connectivity index (χ1v) is 13.6. The van der Waals surface area contributed by atoms with Crippen LogP contribution in [0.5, 0.6) is 0 Å². The van der Waals surface area contributed by atoms with Crippen molar-refractivity contribution in [2.75, 3.05) is 0 Å². The van der Waals surface area contributed by atoms with Crippen molar-refractivity contribution in [3.05, 3.63) is 162 Å². The van der Waals surface area contributed by atoms with Gasteiger partial charge in [-0.2, -0.15) is 0 Å². The third-order valence-corrected chi connectivity index (χ3v) is 7.45. The van der Waals surface area contributed by atoms with Gasteiger partial charge in [-0.25, -0.2) is 4.99 Å². The smallest absolute Gasteiger partial charge is 0.131 e. The molecule has 7 rings (SSSR count). The molecule has 0 fully saturated rings. The summed E-state index contributed by atoms with van der Waals surface area (Å²) in [6.45, 7) is 0. The fourth-order valence-electron chi connectivity index (χ4n) is 5.43. The second-order valence-corrected chi connectivity index (χ2v) is 9.94. The fourth-order valence-corrected chi connectivity index (χ4v) is 5.43. The first kappa shape index (κ1) is 24.0. The van der Waals surface area contributed by atoms with Crippen LogP contribution in [0.3, 0.4) is 0 Å². The number of rotatable bonds is 5. The molecule has 2 unspecified atom stereocenters. The minimum absolute atomic E-state index is 0.0877. The molecule has 0 amide bonds. The maximum Gasteiger partial charge on any atom is 0.131 e. The van der Waals surface area contributed by atoms with Gasteiger partial charge in [0.05, 0.1) is 5.69 Å². The third-order valence-electron chi connectivity index (χ3n) is 7.45. The number of pyridine rings is 1. The molecule has 0 saturated carbocycles. The molecule has 2 heterocycles. The quantitative estimate of drug-likeness (QED) is 0.245. The molecule has 0 radical (unpaired) electrons. The van der Waals surface area contributed by atoms with E-state index in [9.17, 15) is 0 Å². The largest absolute Gasteiger partial charge is 0.350 e. The highest BCUT2D eigenvalue weighted by atomic mass is 15.3. The van der Waals surface area contributed by atoms with E-state index in [4.69, 9.17) is 4.99 Å². The summed E-state index contributed by atoms with van der Waals surface area (Å²) in [7, 11) is 0. The molecule has 5 aromatic carbocycles. The van der Waals surface area contributed by atoms with Crippen molar-refractivity contribution in [1.29, 1.82) is 0 Å². The van der Waals surface area contributed by atoms with Crippen LogP contribution >= 0.6 is 0 Å². The maximum absolute atomic E-state index is 5.02. The first-order valence-electron chi connectivity index (χ1n) is 13.6. The Bertz CT molecular complexity index is 1780.